The Hall–Kier alpha value is -2.61. The SMILES string of the molecule is COc1ccc(-n2c(=O)sc3c(=O)[nH]c(C)nc32)c(OC)c1. The van der Waals surface area contributed by atoms with E-state index >= 15 is 0 Å². The van der Waals surface area contributed by atoms with Crippen molar-refractivity contribution >= 4 is 21.7 Å². The van der Waals surface area contributed by atoms with Crippen molar-refractivity contribution in [3.8, 4) is 17.2 Å². The predicted molar refractivity (Wildman–Crippen MR) is 83.7 cm³/mol. The molecule has 1 aromatic carbocycles. The van der Waals surface area contributed by atoms with Crippen LogP contribution in [0.4, 0.5) is 0 Å². The first-order chi connectivity index (χ1) is 10.5. The number of hydrogen-bond donors (Lipinski definition) is 1. The lowest BCUT2D eigenvalue weighted by atomic mass is 10.2. The highest BCUT2D eigenvalue weighted by atomic mass is 32.1. The van der Waals surface area contributed by atoms with Crippen molar-refractivity contribution in [2.24, 2.45) is 0 Å². The number of aromatic amines is 1. The highest BCUT2D eigenvalue weighted by Gasteiger charge is 2.17. The molecule has 22 heavy (non-hydrogen) atoms. The molecular weight excluding hydrogens is 306 g/mol. The zero-order valence-corrected chi connectivity index (χ0v) is 13.0. The van der Waals surface area contributed by atoms with Gasteiger partial charge in [-0.3, -0.25) is 9.59 Å². The van der Waals surface area contributed by atoms with E-state index in [0.717, 1.165) is 11.3 Å². The smallest absolute Gasteiger partial charge is 0.314 e. The molecule has 0 aliphatic rings. The summed E-state index contributed by atoms with van der Waals surface area (Å²) < 4.78 is 12.1. The third-order valence-corrected chi connectivity index (χ3v) is 4.12. The Morgan fingerprint density at radius 2 is 2.00 bits per heavy atom. The summed E-state index contributed by atoms with van der Waals surface area (Å²) in [5.41, 5.74) is 0.507. The van der Waals surface area contributed by atoms with Gasteiger partial charge in [-0.05, 0) is 19.1 Å². The minimum atomic E-state index is -0.323. The Kier molecular flexibility index (Phi) is 3.45. The molecule has 0 atom stereocenters. The van der Waals surface area contributed by atoms with E-state index in [9.17, 15) is 9.59 Å². The van der Waals surface area contributed by atoms with Crippen LogP contribution < -0.4 is 19.9 Å². The van der Waals surface area contributed by atoms with Gasteiger partial charge in [0.2, 0.25) is 0 Å². The molecule has 0 saturated heterocycles. The first-order valence-corrected chi connectivity index (χ1v) is 7.21. The van der Waals surface area contributed by atoms with E-state index in [4.69, 9.17) is 9.47 Å². The van der Waals surface area contributed by atoms with Crippen LogP contribution in [0.25, 0.3) is 16.0 Å². The van der Waals surface area contributed by atoms with Crippen LogP contribution in [0.1, 0.15) is 5.82 Å². The van der Waals surface area contributed by atoms with E-state index in [2.05, 4.69) is 9.97 Å². The van der Waals surface area contributed by atoms with Crippen molar-refractivity contribution in [1.29, 1.82) is 0 Å². The first-order valence-electron chi connectivity index (χ1n) is 6.40. The molecule has 0 fully saturated rings. The molecule has 3 aromatic rings. The van der Waals surface area contributed by atoms with Gasteiger partial charge in [0.1, 0.15) is 22.0 Å². The molecule has 114 valence electrons. The average molecular weight is 319 g/mol. The maximum atomic E-state index is 12.3. The second kappa shape index (κ2) is 5.30. The zero-order chi connectivity index (χ0) is 15.9. The molecule has 1 N–H and O–H groups in total. The van der Waals surface area contributed by atoms with Gasteiger partial charge >= 0.3 is 4.87 Å². The second-order valence-corrected chi connectivity index (χ2v) is 5.51. The third-order valence-electron chi connectivity index (χ3n) is 3.19. The Labute approximate surface area is 128 Å². The van der Waals surface area contributed by atoms with Gasteiger partial charge in [-0.1, -0.05) is 11.3 Å². The van der Waals surface area contributed by atoms with Crippen molar-refractivity contribution in [2.45, 2.75) is 6.92 Å². The Bertz CT molecular complexity index is 970. The molecule has 0 aliphatic carbocycles. The topological polar surface area (TPSA) is 86.2 Å². The van der Waals surface area contributed by atoms with Gasteiger partial charge in [-0.2, -0.15) is 0 Å². The number of methoxy groups -OCH3 is 2. The van der Waals surface area contributed by atoms with E-state index in [1.807, 2.05) is 0 Å². The monoisotopic (exact) mass is 319 g/mol. The van der Waals surface area contributed by atoms with Gasteiger partial charge in [0.05, 0.1) is 19.9 Å². The molecule has 3 rings (SSSR count). The second-order valence-electron chi connectivity index (χ2n) is 4.55. The van der Waals surface area contributed by atoms with Crippen LogP contribution in [-0.2, 0) is 0 Å². The van der Waals surface area contributed by atoms with Crippen LogP contribution >= 0.6 is 11.3 Å². The molecule has 8 heteroatoms. The molecule has 2 heterocycles. The van der Waals surface area contributed by atoms with Crippen LogP contribution in [0.2, 0.25) is 0 Å². The molecule has 0 radical (unpaired) electrons. The Morgan fingerprint density at radius 1 is 1.23 bits per heavy atom. The van der Waals surface area contributed by atoms with Crippen LogP contribution in [0.15, 0.2) is 27.8 Å². The quantitative estimate of drug-likeness (QED) is 0.790. The Balaban J connectivity index is 2.38. The average Bonchev–Trinajstić information content (AvgIpc) is 2.83. The highest BCUT2D eigenvalue weighted by molar-refractivity contribution is 7.16. The molecular formula is C14H13N3O4S. The molecule has 0 aliphatic heterocycles. The van der Waals surface area contributed by atoms with Crippen LogP contribution in [0.5, 0.6) is 11.5 Å². The minimum absolute atomic E-state index is 0.286. The van der Waals surface area contributed by atoms with E-state index in [-0.39, 0.29) is 15.1 Å². The van der Waals surface area contributed by atoms with Crippen molar-refractivity contribution in [1.82, 2.24) is 14.5 Å². The van der Waals surface area contributed by atoms with Gasteiger partial charge in [0.15, 0.2) is 5.65 Å². The highest BCUT2D eigenvalue weighted by Crippen LogP contribution is 2.29. The number of ether oxygens (including phenoxy) is 2. The lowest BCUT2D eigenvalue weighted by molar-refractivity contribution is 0.393. The van der Waals surface area contributed by atoms with E-state index in [1.54, 1.807) is 32.2 Å². The fourth-order valence-electron chi connectivity index (χ4n) is 2.21. The number of thiazole rings is 1. The number of nitrogens with zero attached hydrogens (tertiary/aromatic N) is 2. The predicted octanol–water partition coefficient (Wildman–Crippen LogP) is 1.46. The molecule has 0 amide bonds. The summed E-state index contributed by atoms with van der Waals surface area (Å²) in [6.45, 7) is 1.67. The van der Waals surface area contributed by atoms with Crippen molar-refractivity contribution < 1.29 is 9.47 Å². The van der Waals surface area contributed by atoms with Crippen molar-refractivity contribution in [2.75, 3.05) is 14.2 Å². The van der Waals surface area contributed by atoms with E-state index < -0.39 is 0 Å². The van der Waals surface area contributed by atoms with Crippen molar-refractivity contribution in [3.63, 3.8) is 0 Å². The van der Waals surface area contributed by atoms with Gasteiger partial charge in [-0.25, -0.2) is 9.55 Å². The summed E-state index contributed by atoms with van der Waals surface area (Å²) in [6, 6.07) is 5.09. The molecule has 0 unspecified atom stereocenters. The minimum Gasteiger partial charge on any atom is -0.497 e. The number of benzene rings is 1. The summed E-state index contributed by atoms with van der Waals surface area (Å²) in [5, 5.41) is 0. The third kappa shape index (κ3) is 2.17. The molecule has 0 bridgehead atoms. The molecule has 2 aromatic heterocycles. The summed E-state index contributed by atoms with van der Waals surface area (Å²) in [6.07, 6.45) is 0. The number of aryl methyl sites for hydroxylation is 1. The lowest BCUT2D eigenvalue weighted by Gasteiger charge is -2.11. The number of hydrogen-bond acceptors (Lipinski definition) is 6. The van der Waals surface area contributed by atoms with Crippen LogP contribution in [0, 0.1) is 6.92 Å². The van der Waals surface area contributed by atoms with Crippen molar-refractivity contribution in [3.05, 3.63) is 44.0 Å². The molecule has 0 spiro atoms. The first kappa shape index (κ1) is 14.3. The van der Waals surface area contributed by atoms with Crippen LogP contribution in [-0.4, -0.2) is 28.8 Å². The number of H-pyrrole nitrogens is 1. The standard InChI is InChI=1S/C14H13N3O4S/c1-7-15-12-11(13(18)16-7)22-14(19)17(12)9-5-4-8(20-2)6-10(9)21-3/h4-6H,1-3H3,(H,15,16,18). The summed E-state index contributed by atoms with van der Waals surface area (Å²) >= 11 is 0.852. The van der Waals surface area contributed by atoms with E-state index in [1.165, 1.54) is 11.7 Å². The fraction of sp³-hybridized carbons (Fsp3) is 0.214. The van der Waals surface area contributed by atoms with E-state index in [0.29, 0.717) is 28.7 Å². The largest absolute Gasteiger partial charge is 0.497 e. The normalized spacial score (nSPS) is 10.9. The molecule has 7 nitrogen and oxygen atoms in total. The van der Waals surface area contributed by atoms with Gasteiger partial charge < -0.3 is 14.5 Å². The number of nitrogens with one attached hydrogen (secondary N) is 1. The van der Waals surface area contributed by atoms with Crippen LogP contribution in [0.3, 0.4) is 0 Å². The maximum absolute atomic E-state index is 12.3. The van der Waals surface area contributed by atoms with Gasteiger partial charge in [0.25, 0.3) is 5.56 Å². The fourth-order valence-corrected chi connectivity index (χ4v) is 3.03. The Morgan fingerprint density at radius 3 is 2.68 bits per heavy atom. The number of rotatable bonds is 3. The lowest BCUT2D eigenvalue weighted by Crippen LogP contribution is -2.14. The summed E-state index contributed by atoms with van der Waals surface area (Å²) in [7, 11) is 3.05. The van der Waals surface area contributed by atoms with Gasteiger partial charge in [0, 0.05) is 6.07 Å². The summed E-state index contributed by atoms with van der Waals surface area (Å²) in [5.74, 6) is 1.51. The maximum Gasteiger partial charge on any atom is 0.314 e. The van der Waals surface area contributed by atoms with Gasteiger partial charge in [-0.15, -0.1) is 0 Å². The molecule has 0 saturated carbocycles. The summed E-state index contributed by atoms with van der Waals surface area (Å²) in [4.78, 5) is 30.9. The number of fused-ring (bicyclic) bond motifs is 1. The number of aromatic nitrogens is 3. The zero-order valence-electron chi connectivity index (χ0n) is 12.2.